The van der Waals surface area contributed by atoms with Gasteiger partial charge in [0.2, 0.25) is 0 Å². The predicted octanol–water partition coefficient (Wildman–Crippen LogP) is 0.0140. The average molecular weight is 200 g/mol. The molecule has 0 aromatic heterocycles. The van der Waals surface area contributed by atoms with Gasteiger partial charge < -0.3 is 15.7 Å². The molecule has 1 rings (SSSR count). The summed E-state index contributed by atoms with van der Waals surface area (Å²) in [6.07, 6.45) is 0.986. The summed E-state index contributed by atoms with van der Waals surface area (Å²) in [5.41, 5.74) is -0.281. The molecular weight excluding hydrogens is 180 g/mol. The molecule has 1 amide bonds. The molecule has 4 heteroatoms. The third-order valence-electron chi connectivity index (χ3n) is 2.25. The average Bonchev–Trinajstić information content (AvgIpc) is 2.51. The molecule has 1 saturated heterocycles. The maximum atomic E-state index is 11.5. The molecule has 82 valence electrons. The molecule has 0 aliphatic carbocycles. The summed E-state index contributed by atoms with van der Waals surface area (Å²) >= 11 is 0. The molecule has 0 aromatic carbocycles. The molecule has 3 N–H and O–H groups in total. The molecule has 2 unspecified atom stereocenters. The van der Waals surface area contributed by atoms with Crippen molar-refractivity contribution >= 4 is 5.91 Å². The van der Waals surface area contributed by atoms with E-state index in [1.807, 2.05) is 20.8 Å². The second-order valence-corrected chi connectivity index (χ2v) is 4.89. The van der Waals surface area contributed by atoms with E-state index in [4.69, 9.17) is 0 Å². The van der Waals surface area contributed by atoms with Crippen molar-refractivity contribution in [3.63, 3.8) is 0 Å². The maximum Gasteiger partial charge on any atom is 0.250 e. The van der Waals surface area contributed by atoms with Crippen LogP contribution in [0.5, 0.6) is 0 Å². The smallest absolute Gasteiger partial charge is 0.250 e. The van der Waals surface area contributed by atoms with Crippen LogP contribution >= 0.6 is 0 Å². The maximum absolute atomic E-state index is 11.5. The lowest BCUT2D eigenvalue weighted by molar-refractivity contribution is -0.132. The standard InChI is InChI=1S/C10H20N2O2/c1-10(2,3)12-9(14)8(13)7-5-4-6-11-7/h7-8,11,13H,4-6H2,1-3H3,(H,12,14). The highest BCUT2D eigenvalue weighted by atomic mass is 16.3. The Morgan fingerprint density at radius 1 is 1.57 bits per heavy atom. The zero-order valence-corrected chi connectivity index (χ0v) is 9.13. The van der Waals surface area contributed by atoms with Crippen molar-refractivity contribution in [1.82, 2.24) is 10.6 Å². The lowest BCUT2D eigenvalue weighted by Crippen LogP contribution is -2.51. The fourth-order valence-corrected chi connectivity index (χ4v) is 1.61. The molecule has 1 aliphatic rings. The van der Waals surface area contributed by atoms with Gasteiger partial charge in [0.15, 0.2) is 0 Å². The highest BCUT2D eigenvalue weighted by molar-refractivity contribution is 5.81. The van der Waals surface area contributed by atoms with Crippen LogP contribution in [0.25, 0.3) is 0 Å². The number of aliphatic hydroxyl groups excluding tert-OH is 1. The molecule has 1 aliphatic heterocycles. The second kappa shape index (κ2) is 4.28. The molecule has 0 bridgehead atoms. The van der Waals surface area contributed by atoms with E-state index in [2.05, 4.69) is 10.6 Å². The Hall–Kier alpha value is -0.610. The van der Waals surface area contributed by atoms with E-state index in [0.717, 1.165) is 19.4 Å². The van der Waals surface area contributed by atoms with Crippen molar-refractivity contribution in [2.45, 2.75) is 51.3 Å². The van der Waals surface area contributed by atoms with E-state index < -0.39 is 6.10 Å². The Morgan fingerprint density at radius 3 is 2.64 bits per heavy atom. The molecule has 2 atom stereocenters. The second-order valence-electron chi connectivity index (χ2n) is 4.89. The Bertz CT molecular complexity index is 205. The molecule has 14 heavy (non-hydrogen) atoms. The number of hydrogen-bond donors (Lipinski definition) is 3. The van der Waals surface area contributed by atoms with Gasteiger partial charge in [0.25, 0.3) is 5.91 Å². The first kappa shape index (κ1) is 11.5. The number of nitrogens with one attached hydrogen (secondary N) is 2. The van der Waals surface area contributed by atoms with Gasteiger partial charge in [-0.3, -0.25) is 4.79 Å². The van der Waals surface area contributed by atoms with Crippen molar-refractivity contribution < 1.29 is 9.90 Å². The lowest BCUT2D eigenvalue weighted by Gasteiger charge is -2.25. The third-order valence-corrected chi connectivity index (χ3v) is 2.25. The minimum atomic E-state index is -0.920. The monoisotopic (exact) mass is 200 g/mol. The van der Waals surface area contributed by atoms with Crippen LogP contribution in [-0.2, 0) is 4.79 Å². The number of hydrogen-bond acceptors (Lipinski definition) is 3. The summed E-state index contributed by atoms with van der Waals surface area (Å²) in [7, 11) is 0. The van der Waals surface area contributed by atoms with Gasteiger partial charge in [-0.2, -0.15) is 0 Å². The van der Waals surface area contributed by atoms with E-state index in [9.17, 15) is 9.90 Å². The molecular formula is C10H20N2O2. The minimum Gasteiger partial charge on any atom is -0.382 e. The Kier molecular flexibility index (Phi) is 3.50. The van der Waals surface area contributed by atoms with Crippen LogP contribution in [0.4, 0.5) is 0 Å². The zero-order chi connectivity index (χ0) is 10.8. The summed E-state index contributed by atoms with van der Waals surface area (Å²) in [6, 6.07) is -0.0719. The van der Waals surface area contributed by atoms with Gasteiger partial charge in [0.05, 0.1) is 0 Å². The van der Waals surface area contributed by atoms with E-state index >= 15 is 0 Å². The van der Waals surface area contributed by atoms with Crippen molar-refractivity contribution in [3.8, 4) is 0 Å². The van der Waals surface area contributed by atoms with Crippen LogP contribution in [0, 0.1) is 0 Å². The summed E-state index contributed by atoms with van der Waals surface area (Å²) in [6.45, 7) is 6.60. The topological polar surface area (TPSA) is 61.4 Å². The number of aliphatic hydroxyl groups is 1. The van der Waals surface area contributed by atoms with Gasteiger partial charge in [-0.1, -0.05) is 0 Å². The highest BCUT2D eigenvalue weighted by Crippen LogP contribution is 2.10. The summed E-state index contributed by atoms with van der Waals surface area (Å²) in [4.78, 5) is 11.5. The van der Waals surface area contributed by atoms with E-state index in [0.29, 0.717) is 0 Å². The van der Waals surface area contributed by atoms with Gasteiger partial charge in [-0.25, -0.2) is 0 Å². The molecule has 0 aromatic rings. The molecule has 0 spiro atoms. The molecule has 1 fully saturated rings. The van der Waals surface area contributed by atoms with E-state index in [-0.39, 0.29) is 17.5 Å². The zero-order valence-electron chi connectivity index (χ0n) is 9.13. The molecule has 0 saturated carbocycles. The van der Waals surface area contributed by atoms with Gasteiger partial charge in [-0.05, 0) is 40.2 Å². The van der Waals surface area contributed by atoms with E-state index in [1.54, 1.807) is 0 Å². The largest absolute Gasteiger partial charge is 0.382 e. The lowest BCUT2D eigenvalue weighted by atomic mass is 10.1. The van der Waals surface area contributed by atoms with Crippen molar-refractivity contribution in [2.24, 2.45) is 0 Å². The fourth-order valence-electron chi connectivity index (χ4n) is 1.61. The first-order valence-electron chi connectivity index (χ1n) is 5.13. The van der Waals surface area contributed by atoms with E-state index in [1.165, 1.54) is 0 Å². The van der Waals surface area contributed by atoms with Gasteiger partial charge in [0.1, 0.15) is 6.10 Å². The number of carbonyl (C=O) groups is 1. The Labute approximate surface area is 85.1 Å². The van der Waals surface area contributed by atoms with Gasteiger partial charge >= 0.3 is 0 Å². The summed E-state index contributed by atoms with van der Waals surface area (Å²) < 4.78 is 0. The molecule has 0 radical (unpaired) electrons. The molecule has 4 nitrogen and oxygen atoms in total. The van der Waals surface area contributed by atoms with Crippen LogP contribution < -0.4 is 10.6 Å². The number of carbonyl (C=O) groups excluding carboxylic acids is 1. The predicted molar refractivity (Wildman–Crippen MR) is 54.9 cm³/mol. The SMILES string of the molecule is CC(C)(C)NC(=O)C(O)C1CCCN1. The first-order chi connectivity index (χ1) is 6.40. The number of amides is 1. The van der Waals surface area contributed by atoms with Crippen LogP contribution in [0.15, 0.2) is 0 Å². The van der Waals surface area contributed by atoms with Gasteiger partial charge in [-0.15, -0.1) is 0 Å². The van der Waals surface area contributed by atoms with Gasteiger partial charge in [0, 0.05) is 11.6 Å². The first-order valence-corrected chi connectivity index (χ1v) is 5.13. The summed E-state index contributed by atoms with van der Waals surface area (Å²) in [5.74, 6) is -0.281. The van der Waals surface area contributed by atoms with Crippen molar-refractivity contribution in [1.29, 1.82) is 0 Å². The van der Waals surface area contributed by atoms with Crippen molar-refractivity contribution in [2.75, 3.05) is 6.54 Å². The van der Waals surface area contributed by atoms with Crippen LogP contribution in [0.2, 0.25) is 0 Å². The Morgan fingerprint density at radius 2 is 2.21 bits per heavy atom. The quantitative estimate of drug-likeness (QED) is 0.588. The normalized spacial score (nSPS) is 24.7. The number of rotatable bonds is 2. The van der Waals surface area contributed by atoms with Crippen LogP contribution in [0.1, 0.15) is 33.6 Å². The van der Waals surface area contributed by atoms with Crippen molar-refractivity contribution in [3.05, 3.63) is 0 Å². The van der Waals surface area contributed by atoms with Crippen LogP contribution in [-0.4, -0.2) is 35.2 Å². The Balaban J connectivity index is 2.43. The highest BCUT2D eigenvalue weighted by Gasteiger charge is 2.30. The third kappa shape index (κ3) is 3.27. The molecule has 1 heterocycles. The van der Waals surface area contributed by atoms with Crippen LogP contribution in [0.3, 0.4) is 0 Å². The summed E-state index contributed by atoms with van der Waals surface area (Å²) in [5, 5.41) is 15.6. The minimum absolute atomic E-state index is 0.0719. The fraction of sp³-hybridized carbons (Fsp3) is 0.900.